The fourth-order valence-electron chi connectivity index (χ4n) is 2.14. The number of rotatable bonds is 5. The summed E-state index contributed by atoms with van der Waals surface area (Å²) in [4.78, 5) is 10.8. The van der Waals surface area contributed by atoms with Crippen molar-refractivity contribution < 1.29 is 9.53 Å². The molecule has 0 fully saturated rings. The van der Waals surface area contributed by atoms with Crippen LogP contribution in [-0.2, 0) is 22.5 Å². The molecule has 2 rings (SSSR count). The van der Waals surface area contributed by atoms with Gasteiger partial charge in [0.1, 0.15) is 0 Å². The number of hydrogen-bond donors (Lipinski definition) is 0. The lowest BCUT2D eigenvalue weighted by atomic mass is 10.2. The molecule has 0 radical (unpaired) electrons. The van der Waals surface area contributed by atoms with Gasteiger partial charge in [-0.2, -0.15) is 0 Å². The minimum absolute atomic E-state index is 0.307. The molecule has 0 bridgehead atoms. The molecular weight excluding hydrogens is 250 g/mol. The molecule has 3 nitrogen and oxygen atoms in total. The zero-order valence-electron chi connectivity index (χ0n) is 11.9. The largest absolute Gasteiger partial charge is 0.435 e. The maximum Gasteiger partial charge on any atom is 0.307 e. The maximum atomic E-state index is 10.8. The third kappa shape index (κ3) is 3.60. The van der Waals surface area contributed by atoms with Gasteiger partial charge in [0.15, 0.2) is 0 Å². The van der Waals surface area contributed by atoms with Gasteiger partial charge in [0.05, 0.1) is 6.26 Å². The molecule has 1 aromatic heterocycles. The SMILES string of the molecule is CCc1ccc(/C=C/OC(C)=O)n1Cc1ccccc1. The summed E-state index contributed by atoms with van der Waals surface area (Å²) in [5, 5.41) is 0. The molecule has 0 amide bonds. The number of aryl methyl sites for hydroxylation is 1. The van der Waals surface area contributed by atoms with Crippen molar-refractivity contribution in [3.05, 3.63) is 65.7 Å². The van der Waals surface area contributed by atoms with E-state index >= 15 is 0 Å². The van der Waals surface area contributed by atoms with Crippen molar-refractivity contribution in [2.45, 2.75) is 26.8 Å². The fourth-order valence-corrected chi connectivity index (χ4v) is 2.14. The van der Waals surface area contributed by atoms with Gasteiger partial charge in [-0.05, 0) is 30.2 Å². The standard InChI is InChI=1S/C17H19NO2/c1-3-16-9-10-17(11-12-20-14(2)19)18(16)13-15-7-5-4-6-8-15/h4-12H,3,13H2,1-2H3/b12-11+. The van der Waals surface area contributed by atoms with E-state index in [1.807, 2.05) is 30.3 Å². The van der Waals surface area contributed by atoms with E-state index in [2.05, 4.69) is 29.7 Å². The van der Waals surface area contributed by atoms with Crippen molar-refractivity contribution in [1.82, 2.24) is 4.57 Å². The molecule has 0 spiro atoms. The first-order chi connectivity index (χ1) is 9.70. The Labute approximate surface area is 119 Å². The first kappa shape index (κ1) is 14.1. The minimum Gasteiger partial charge on any atom is -0.435 e. The van der Waals surface area contributed by atoms with Crippen LogP contribution in [0.1, 0.15) is 30.8 Å². The second-order valence-corrected chi connectivity index (χ2v) is 4.59. The topological polar surface area (TPSA) is 31.2 Å². The van der Waals surface area contributed by atoms with E-state index in [9.17, 15) is 4.79 Å². The number of hydrogen-bond acceptors (Lipinski definition) is 2. The lowest BCUT2D eigenvalue weighted by Crippen LogP contribution is -2.05. The van der Waals surface area contributed by atoms with Gasteiger partial charge in [-0.1, -0.05) is 37.3 Å². The highest BCUT2D eigenvalue weighted by Crippen LogP contribution is 2.15. The van der Waals surface area contributed by atoms with Crippen molar-refractivity contribution >= 4 is 12.0 Å². The van der Waals surface area contributed by atoms with Crippen LogP contribution in [0, 0.1) is 0 Å². The van der Waals surface area contributed by atoms with Crippen LogP contribution in [0.2, 0.25) is 0 Å². The Morgan fingerprint density at radius 1 is 1.20 bits per heavy atom. The molecule has 0 unspecified atom stereocenters. The highest BCUT2D eigenvalue weighted by Gasteiger charge is 2.05. The van der Waals surface area contributed by atoms with E-state index in [1.165, 1.54) is 24.4 Å². The van der Waals surface area contributed by atoms with E-state index < -0.39 is 0 Å². The molecule has 0 saturated heterocycles. The second-order valence-electron chi connectivity index (χ2n) is 4.59. The van der Waals surface area contributed by atoms with Gasteiger partial charge < -0.3 is 9.30 Å². The van der Waals surface area contributed by atoms with Crippen LogP contribution < -0.4 is 0 Å². The van der Waals surface area contributed by atoms with Gasteiger partial charge in [0.25, 0.3) is 0 Å². The Bertz CT molecular complexity index is 597. The van der Waals surface area contributed by atoms with Gasteiger partial charge in [-0.25, -0.2) is 0 Å². The fraction of sp³-hybridized carbons (Fsp3) is 0.235. The van der Waals surface area contributed by atoms with Gasteiger partial charge in [-0.15, -0.1) is 0 Å². The quantitative estimate of drug-likeness (QED) is 0.613. The molecule has 20 heavy (non-hydrogen) atoms. The number of carbonyl (C=O) groups excluding carboxylic acids is 1. The number of carbonyl (C=O) groups is 1. The molecule has 0 saturated carbocycles. The van der Waals surface area contributed by atoms with Crippen LogP contribution in [0.25, 0.3) is 6.08 Å². The van der Waals surface area contributed by atoms with E-state index in [4.69, 9.17) is 4.74 Å². The molecular formula is C17H19NO2. The Balaban J connectivity index is 2.23. The summed E-state index contributed by atoms with van der Waals surface area (Å²) < 4.78 is 7.09. The summed E-state index contributed by atoms with van der Waals surface area (Å²) >= 11 is 0. The Kier molecular flexibility index (Phi) is 4.77. The lowest BCUT2D eigenvalue weighted by molar-refractivity contribution is -0.135. The zero-order chi connectivity index (χ0) is 14.4. The summed E-state index contributed by atoms with van der Waals surface area (Å²) in [7, 11) is 0. The Hall–Kier alpha value is -2.29. The van der Waals surface area contributed by atoms with Crippen LogP contribution in [-0.4, -0.2) is 10.5 Å². The summed E-state index contributed by atoms with van der Waals surface area (Å²) in [5.41, 5.74) is 3.55. The molecule has 3 heteroatoms. The summed E-state index contributed by atoms with van der Waals surface area (Å²) in [6.45, 7) is 4.35. The van der Waals surface area contributed by atoms with Crippen molar-refractivity contribution in [1.29, 1.82) is 0 Å². The minimum atomic E-state index is -0.307. The Morgan fingerprint density at radius 2 is 1.95 bits per heavy atom. The molecule has 2 aromatic rings. The molecule has 104 valence electrons. The van der Waals surface area contributed by atoms with E-state index in [1.54, 1.807) is 0 Å². The maximum absolute atomic E-state index is 10.8. The normalized spacial score (nSPS) is 10.9. The molecule has 0 aliphatic heterocycles. The van der Waals surface area contributed by atoms with Gasteiger partial charge in [0, 0.05) is 24.9 Å². The monoisotopic (exact) mass is 269 g/mol. The first-order valence-electron chi connectivity index (χ1n) is 6.76. The molecule has 0 atom stereocenters. The molecule has 0 N–H and O–H groups in total. The van der Waals surface area contributed by atoms with Crippen LogP contribution in [0.15, 0.2) is 48.7 Å². The summed E-state index contributed by atoms with van der Waals surface area (Å²) in [6.07, 6.45) is 4.23. The summed E-state index contributed by atoms with van der Waals surface area (Å²) in [6, 6.07) is 14.5. The van der Waals surface area contributed by atoms with Crippen molar-refractivity contribution in [3.63, 3.8) is 0 Å². The molecule has 0 aliphatic carbocycles. The predicted molar refractivity (Wildman–Crippen MR) is 80.2 cm³/mol. The van der Waals surface area contributed by atoms with Crippen LogP contribution in [0.3, 0.4) is 0 Å². The number of ether oxygens (including phenoxy) is 1. The van der Waals surface area contributed by atoms with Crippen molar-refractivity contribution in [2.75, 3.05) is 0 Å². The first-order valence-corrected chi connectivity index (χ1v) is 6.76. The smallest absolute Gasteiger partial charge is 0.307 e. The van der Waals surface area contributed by atoms with Crippen molar-refractivity contribution in [2.24, 2.45) is 0 Å². The Morgan fingerprint density at radius 3 is 2.60 bits per heavy atom. The van der Waals surface area contributed by atoms with Gasteiger partial charge >= 0.3 is 5.97 Å². The second kappa shape index (κ2) is 6.75. The average Bonchev–Trinajstić information content (AvgIpc) is 2.82. The van der Waals surface area contributed by atoms with Crippen LogP contribution >= 0.6 is 0 Å². The van der Waals surface area contributed by atoms with Gasteiger partial charge in [0.2, 0.25) is 0 Å². The van der Waals surface area contributed by atoms with Crippen LogP contribution in [0.4, 0.5) is 0 Å². The number of nitrogens with zero attached hydrogens (tertiary/aromatic N) is 1. The molecule has 1 aromatic carbocycles. The molecule has 1 heterocycles. The van der Waals surface area contributed by atoms with Crippen LogP contribution in [0.5, 0.6) is 0 Å². The third-order valence-corrected chi connectivity index (χ3v) is 3.12. The van der Waals surface area contributed by atoms with Crippen molar-refractivity contribution in [3.8, 4) is 0 Å². The summed E-state index contributed by atoms with van der Waals surface area (Å²) in [5.74, 6) is -0.307. The number of benzene rings is 1. The zero-order valence-corrected chi connectivity index (χ0v) is 11.9. The molecule has 0 aliphatic rings. The predicted octanol–water partition coefficient (Wildman–Crippen LogP) is 3.63. The number of aromatic nitrogens is 1. The third-order valence-electron chi connectivity index (χ3n) is 3.12. The van der Waals surface area contributed by atoms with E-state index in [0.717, 1.165) is 18.7 Å². The van der Waals surface area contributed by atoms with E-state index in [0.29, 0.717) is 0 Å². The number of esters is 1. The van der Waals surface area contributed by atoms with E-state index in [-0.39, 0.29) is 5.97 Å². The highest BCUT2D eigenvalue weighted by atomic mass is 16.5. The highest BCUT2D eigenvalue weighted by molar-refractivity contribution is 5.67. The lowest BCUT2D eigenvalue weighted by Gasteiger charge is -2.11. The average molecular weight is 269 g/mol. The van der Waals surface area contributed by atoms with Gasteiger partial charge in [-0.3, -0.25) is 4.79 Å².